The number of anilines is 4. The molecule has 1 aliphatic rings. The topological polar surface area (TPSA) is 93.8 Å². The number of hydrogen-bond donors (Lipinski definition) is 3. The highest BCUT2D eigenvalue weighted by Crippen LogP contribution is 2.37. The minimum atomic E-state index is -0.904. The van der Waals surface area contributed by atoms with Crippen molar-refractivity contribution in [1.29, 1.82) is 0 Å². The molecular formula is C29H23Cl2N5O3. The first-order chi connectivity index (χ1) is 18.9. The second kappa shape index (κ2) is 11.5. The molecule has 5 rings (SSSR count). The number of nitrogens with one attached hydrogen (secondary N) is 3. The molecule has 0 spiro atoms. The molecular weight excluding hydrogens is 537 g/mol. The smallest absolute Gasteiger partial charge is 0.330 e. The number of benzene rings is 4. The fourth-order valence-corrected chi connectivity index (χ4v) is 4.65. The summed E-state index contributed by atoms with van der Waals surface area (Å²) in [7, 11) is 0. The average Bonchev–Trinajstić information content (AvgIpc) is 2.95. The van der Waals surface area contributed by atoms with Crippen LogP contribution in [0.4, 0.5) is 32.3 Å². The second-order valence-corrected chi connectivity index (χ2v) is 9.45. The zero-order chi connectivity index (χ0) is 27.4. The van der Waals surface area contributed by atoms with Crippen LogP contribution in [0.3, 0.4) is 0 Å². The number of para-hydroxylation sites is 3. The molecule has 0 fully saturated rings. The summed E-state index contributed by atoms with van der Waals surface area (Å²) >= 11 is 12.2. The van der Waals surface area contributed by atoms with Gasteiger partial charge in [-0.2, -0.15) is 0 Å². The number of carbonyl (C=O) groups excluding carboxylic acids is 3. The average molecular weight is 560 g/mol. The van der Waals surface area contributed by atoms with Crippen molar-refractivity contribution in [2.24, 2.45) is 0 Å². The Morgan fingerprint density at radius 1 is 0.744 bits per heavy atom. The van der Waals surface area contributed by atoms with E-state index in [1.54, 1.807) is 48.5 Å². The van der Waals surface area contributed by atoms with Gasteiger partial charge in [0.1, 0.15) is 6.17 Å². The molecule has 10 heteroatoms. The Hall–Kier alpha value is -4.53. The van der Waals surface area contributed by atoms with Crippen molar-refractivity contribution in [2.75, 3.05) is 22.1 Å². The van der Waals surface area contributed by atoms with Crippen LogP contribution in [-0.2, 0) is 0 Å². The van der Waals surface area contributed by atoms with Gasteiger partial charge in [0.25, 0.3) is 5.91 Å². The summed E-state index contributed by atoms with van der Waals surface area (Å²) in [4.78, 5) is 43.2. The standard InChI is InChI=1S/C29H23Cl2N5O3/c30-23-16-15-20(17-24(23)31)34-29(39)36-26(18-32-28(38)33-19-9-3-1-4-10-19)35(21-11-5-2-6-12-21)25-14-8-7-13-22(25)27(36)37/h1-17,26H,18H2,(H,34,39)(H2,32,33,38). The Morgan fingerprint density at radius 2 is 1.41 bits per heavy atom. The maximum atomic E-state index is 13.8. The highest BCUT2D eigenvalue weighted by atomic mass is 35.5. The van der Waals surface area contributed by atoms with Crippen molar-refractivity contribution in [1.82, 2.24) is 10.2 Å². The number of rotatable bonds is 5. The molecule has 1 aliphatic heterocycles. The summed E-state index contributed by atoms with van der Waals surface area (Å²) in [5, 5.41) is 8.90. The summed E-state index contributed by atoms with van der Waals surface area (Å²) in [6.07, 6.45) is -0.904. The number of amides is 5. The van der Waals surface area contributed by atoms with Gasteiger partial charge in [0.15, 0.2) is 0 Å². The van der Waals surface area contributed by atoms with Crippen LogP contribution < -0.4 is 20.9 Å². The molecule has 0 radical (unpaired) electrons. The molecule has 0 saturated heterocycles. The van der Waals surface area contributed by atoms with Crippen molar-refractivity contribution < 1.29 is 14.4 Å². The molecule has 1 unspecified atom stereocenters. The monoisotopic (exact) mass is 559 g/mol. The maximum absolute atomic E-state index is 13.8. The molecule has 0 aliphatic carbocycles. The van der Waals surface area contributed by atoms with E-state index in [1.807, 2.05) is 53.4 Å². The third kappa shape index (κ3) is 5.67. The van der Waals surface area contributed by atoms with Crippen LogP contribution in [0.5, 0.6) is 0 Å². The van der Waals surface area contributed by atoms with Crippen molar-refractivity contribution in [3.63, 3.8) is 0 Å². The molecule has 0 aromatic heterocycles. The van der Waals surface area contributed by atoms with Crippen molar-refractivity contribution >= 4 is 63.9 Å². The summed E-state index contributed by atoms with van der Waals surface area (Å²) in [6, 6.07) is 28.8. The number of hydrogen-bond acceptors (Lipinski definition) is 4. The molecule has 0 bridgehead atoms. The lowest BCUT2D eigenvalue weighted by molar-refractivity contribution is 0.0742. The number of imide groups is 1. The Bertz CT molecular complexity index is 1520. The summed E-state index contributed by atoms with van der Waals surface area (Å²) in [5.74, 6) is -0.509. The molecule has 1 heterocycles. The Balaban J connectivity index is 1.51. The molecule has 3 N–H and O–H groups in total. The highest BCUT2D eigenvalue weighted by Gasteiger charge is 2.42. The van der Waals surface area contributed by atoms with Gasteiger partial charge in [-0.1, -0.05) is 71.7 Å². The van der Waals surface area contributed by atoms with Crippen molar-refractivity contribution in [2.45, 2.75) is 6.17 Å². The van der Waals surface area contributed by atoms with E-state index in [-0.39, 0.29) is 11.6 Å². The molecule has 8 nitrogen and oxygen atoms in total. The fourth-order valence-electron chi connectivity index (χ4n) is 4.35. The minimum Gasteiger partial charge on any atom is -0.334 e. The summed E-state index contributed by atoms with van der Waals surface area (Å²) in [5.41, 5.74) is 2.66. The van der Waals surface area contributed by atoms with Crippen molar-refractivity contribution in [3.05, 3.63) is 119 Å². The Labute approximate surface area is 235 Å². The lowest BCUT2D eigenvalue weighted by Crippen LogP contribution is -2.61. The number of fused-ring (bicyclic) bond motifs is 1. The van der Waals surface area contributed by atoms with Crippen LogP contribution in [0.2, 0.25) is 10.0 Å². The first-order valence-corrected chi connectivity index (χ1v) is 12.8. The van der Waals surface area contributed by atoms with Gasteiger partial charge in [-0.3, -0.25) is 4.79 Å². The van der Waals surface area contributed by atoms with E-state index in [0.29, 0.717) is 27.6 Å². The van der Waals surface area contributed by atoms with Gasteiger partial charge >= 0.3 is 12.1 Å². The van der Waals surface area contributed by atoms with Gasteiger partial charge in [0, 0.05) is 17.1 Å². The number of halogens is 2. The van der Waals surface area contributed by atoms with E-state index >= 15 is 0 Å². The molecule has 4 aromatic rings. The van der Waals surface area contributed by atoms with Gasteiger partial charge in [-0.15, -0.1) is 0 Å². The van der Waals surface area contributed by atoms with Gasteiger partial charge in [0.2, 0.25) is 0 Å². The predicted molar refractivity (Wildman–Crippen MR) is 154 cm³/mol. The van der Waals surface area contributed by atoms with Crippen LogP contribution in [0.15, 0.2) is 103 Å². The highest BCUT2D eigenvalue weighted by molar-refractivity contribution is 6.42. The van der Waals surface area contributed by atoms with Gasteiger partial charge < -0.3 is 20.9 Å². The van der Waals surface area contributed by atoms with E-state index in [9.17, 15) is 14.4 Å². The molecule has 5 amide bonds. The second-order valence-electron chi connectivity index (χ2n) is 8.64. The lowest BCUT2D eigenvalue weighted by atomic mass is 10.0. The largest absolute Gasteiger partial charge is 0.334 e. The quantitative estimate of drug-likeness (QED) is 0.246. The third-order valence-corrected chi connectivity index (χ3v) is 6.85. The maximum Gasteiger partial charge on any atom is 0.330 e. The SMILES string of the molecule is O=C(NCC1N(C(=O)Nc2ccc(Cl)c(Cl)c2)C(=O)c2ccccc2N1c1ccccc1)Nc1ccccc1. The van der Waals surface area contributed by atoms with Gasteiger partial charge in [-0.05, 0) is 54.6 Å². The number of nitrogens with zero attached hydrogens (tertiary/aromatic N) is 2. The van der Waals surface area contributed by atoms with Crippen LogP contribution in [0.25, 0.3) is 0 Å². The first-order valence-electron chi connectivity index (χ1n) is 12.0. The Morgan fingerprint density at radius 3 is 2.13 bits per heavy atom. The first kappa shape index (κ1) is 26.1. The van der Waals surface area contributed by atoms with Crippen molar-refractivity contribution in [3.8, 4) is 0 Å². The molecule has 1 atom stereocenters. The predicted octanol–water partition coefficient (Wildman–Crippen LogP) is 6.97. The van der Waals surface area contributed by atoms with Crippen LogP contribution >= 0.6 is 23.2 Å². The molecule has 0 saturated carbocycles. The minimum absolute atomic E-state index is 0.0670. The molecule has 4 aromatic carbocycles. The zero-order valence-corrected chi connectivity index (χ0v) is 22.0. The van der Waals surface area contributed by atoms with Gasteiger partial charge in [-0.25, -0.2) is 14.5 Å². The van der Waals surface area contributed by atoms with Crippen LogP contribution in [0.1, 0.15) is 10.4 Å². The normalized spacial score (nSPS) is 14.4. The fraction of sp³-hybridized carbons (Fsp3) is 0.0690. The van der Waals surface area contributed by atoms with E-state index in [1.165, 1.54) is 6.07 Å². The third-order valence-electron chi connectivity index (χ3n) is 6.11. The van der Waals surface area contributed by atoms with E-state index in [0.717, 1.165) is 10.6 Å². The number of carbonyl (C=O) groups is 3. The van der Waals surface area contributed by atoms with E-state index in [4.69, 9.17) is 23.2 Å². The van der Waals surface area contributed by atoms with Crippen LogP contribution in [0, 0.1) is 0 Å². The van der Waals surface area contributed by atoms with Gasteiger partial charge in [0.05, 0.1) is 27.8 Å². The molecule has 196 valence electrons. The lowest BCUT2D eigenvalue weighted by Gasteiger charge is -2.44. The molecule has 39 heavy (non-hydrogen) atoms. The summed E-state index contributed by atoms with van der Waals surface area (Å²) in [6.45, 7) is -0.0670. The number of urea groups is 2. The van der Waals surface area contributed by atoms with Crippen LogP contribution in [-0.4, -0.2) is 35.6 Å². The van der Waals surface area contributed by atoms with E-state index < -0.39 is 24.1 Å². The summed E-state index contributed by atoms with van der Waals surface area (Å²) < 4.78 is 0. The zero-order valence-electron chi connectivity index (χ0n) is 20.5. The van der Waals surface area contributed by atoms with E-state index in [2.05, 4.69) is 16.0 Å². The Kier molecular flexibility index (Phi) is 7.67.